The van der Waals surface area contributed by atoms with Crippen LogP contribution in [0.2, 0.25) is 0 Å². The number of likely N-dealkylation sites (tertiary alicyclic amines) is 1. The van der Waals surface area contributed by atoms with E-state index in [1.54, 1.807) is 0 Å². The molecule has 1 saturated heterocycles. The second-order valence-electron chi connectivity index (χ2n) is 7.37. The summed E-state index contributed by atoms with van der Waals surface area (Å²) in [6, 6.07) is 8.89. The van der Waals surface area contributed by atoms with Gasteiger partial charge in [-0.2, -0.15) is 0 Å². The highest BCUT2D eigenvalue weighted by Gasteiger charge is 2.12. The Morgan fingerprint density at radius 1 is 1.08 bits per heavy atom. The van der Waals surface area contributed by atoms with Gasteiger partial charge < -0.3 is 10.6 Å². The van der Waals surface area contributed by atoms with Gasteiger partial charge in [-0.05, 0) is 64.8 Å². The summed E-state index contributed by atoms with van der Waals surface area (Å²) in [5.74, 6) is 0.876. The Hall–Kier alpha value is -0.820. The topological polar surface area (TPSA) is 39.7 Å². The first-order chi connectivity index (χ1) is 11.0. The Bertz CT molecular complexity index is 499. The second-order valence-corrected chi connectivity index (χ2v) is 7.37. The zero-order valence-corrected chi connectivity index (χ0v) is 17.9. The first kappa shape index (κ1) is 21.2. The van der Waals surface area contributed by atoms with Gasteiger partial charge >= 0.3 is 0 Å². The lowest BCUT2D eigenvalue weighted by Crippen LogP contribution is -2.47. The Labute approximate surface area is 164 Å². The summed E-state index contributed by atoms with van der Waals surface area (Å²) in [7, 11) is 0. The van der Waals surface area contributed by atoms with E-state index < -0.39 is 0 Å². The first-order valence-electron chi connectivity index (χ1n) is 8.83. The molecule has 1 heterocycles. The highest BCUT2D eigenvalue weighted by molar-refractivity contribution is 14.0. The summed E-state index contributed by atoms with van der Waals surface area (Å²) in [4.78, 5) is 7.22. The van der Waals surface area contributed by atoms with E-state index >= 15 is 0 Å². The molecule has 4 nitrogen and oxygen atoms in total. The van der Waals surface area contributed by atoms with Crippen molar-refractivity contribution in [2.45, 2.75) is 59.2 Å². The van der Waals surface area contributed by atoms with E-state index in [2.05, 4.69) is 72.5 Å². The molecule has 0 atom stereocenters. The van der Waals surface area contributed by atoms with Gasteiger partial charge in [0, 0.05) is 18.6 Å². The predicted octanol–water partition coefficient (Wildman–Crippen LogP) is 3.75. The molecule has 2 N–H and O–H groups in total. The van der Waals surface area contributed by atoms with E-state index in [1.165, 1.54) is 37.1 Å². The van der Waals surface area contributed by atoms with Gasteiger partial charge in [0.2, 0.25) is 0 Å². The van der Waals surface area contributed by atoms with Crippen molar-refractivity contribution in [1.29, 1.82) is 0 Å². The van der Waals surface area contributed by atoms with E-state index in [0.29, 0.717) is 6.54 Å². The van der Waals surface area contributed by atoms with Crippen LogP contribution < -0.4 is 10.6 Å². The Balaban J connectivity index is 0.00000288. The first-order valence-corrected chi connectivity index (χ1v) is 8.83. The number of guanidine groups is 1. The van der Waals surface area contributed by atoms with Crippen LogP contribution in [0.3, 0.4) is 0 Å². The van der Waals surface area contributed by atoms with Crippen molar-refractivity contribution in [2.24, 2.45) is 4.99 Å². The molecule has 0 unspecified atom stereocenters. The molecule has 1 aromatic rings. The third-order valence-corrected chi connectivity index (χ3v) is 3.89. The third-order valence-electron chi connectivity index (χ3n) is 3.89. The van der Waals surface area contributed by atoms with Crippen molar-refractivity contribution in [1.82, 2.24) is 15.5 Å². The molecular formula is C19H33IN4. The van der Waals surface area contributed by atoms with Gasteiger partial charge in [0.1, 0.15) is 0 Å². The Morgan fingerprint density at radius 2 is 1.67 bits per heavy atom. The van der Waals surface area contributed by atoms with Crippen LogP contribution in [0.5, 0.6) is 0 Å². The largest absolute Gasteiger partial charge is 0.357 e. The van der Waals surface area contributed by atoms with Crippen LogP contribution in [0.15, 0.2) is 29.3 Å². The van der Waals surface area contributed by atoms with Crippen molar-refractivity contribution in [2.75, 3.05) is 19.6 Å². The van der Waals surface area contributed by atoms with Crippen molar-refractivity contribution in [3.8, 4) is 0 Å². The summed E-state index contributed by atoms with van der Waals surface area (Å²) in [5.41, 5.74) is 2.67. The number of benzene rings is 1. The molecule has 1 aliphatic rings. The van der Waals surface area contributed by atoms with Crippen molar-refractivity contribution < 1.29 is 0 Å². The maximum Gasteiger partial charge on any atom is 0.191 e. The van der Waals surface area contributed by atoms with Crippen LogP contribution in [0, 0.1) is 0 Å². The van der Waals surface area contributed by atoms with E-state index in [-0.39, 0.29) is 29.5 Å². The number of hydrogen-bond acceptors (Lipinski definition) is 2. The Morgan fingerprint density at radius 3 is 2.21 bits per heavy atom. The minimum Gasteiger partial charge on any atom is -0.357 e. The maximum atomic E-state index is 4.69. The fourth-order valence-corrected chi connectivity index (χ4v) is 2.78. The summed E-state index contributed by atoms with van der Waals surface area (Å²) < 4.78 is 0. The zero-order chi connectivity index (χ0) is 16.7. The molecule has 0 radical (unpaired) electrons. The minimum atomic E-state index is 0. The molecule has 0 aromatic heterocycles. The van der Waals surface area contributed by atoms with Crippen LogP contribution >= 0.6 is 24.0 Å². The smallest absolute Gasteiger partial charge is 0.191 e. The second kappa shape index (κ2) is 10.2. The van der Waals surface area contributed by atoms with Crippen LogP contribution in [0.25, 0.3) is 0 Å². The monoisotopic (exact) mass is 444 g/mol. The normalized spacial score (nSPS) is 15.9. The lowest BCUT2D eigenvalue weighted by Gasteiger charge is -2.23. The molecule has 1 aromatic carbocycles. The SMILES string of the molecule is CCNC(=NCc1ccc(CN2CCCC2)cc1)NC(C)(C)C.I. The van der Waals surface area contributed by atoms with Gasteiger partial charge in [-0.1, -0.05) is 24.3 Å². The van der Waals surface area contributed by atoms with Crippen LogP contribution in [-0.4, -0.2) is 36.0 Å². The lowest BCUT2D eigenvalue weighted by atomic mass is 10.1. The average Bonchev–Trinajstić information content (AvgIpc) is 2.98. The van der Waals surface area contributed by atoms with Gasteiger partial charge in [-0.3, -0.25) is 4.90 Å². The molecule has 0 saturated carbocycles. The summed E-state index contributed by atoms with van der Waals surface area (Å²) >= 11 is 0. The van der Waals surface area contributed by atoms with Crippen molar-refractivity contribution in [3.05, 3.63) is 35.4 Å². The minimum absolute atomic E-state index is 0. The highest BCUT2D eigenvalue weighted by Crippen LogP contribution is 2.13. The van der Waals surface area contributed by atoms with Gasteiger partial charge in [0.15, 0.2) is 5.96 Å². The van der Waals surface area contributed by atoms with Crippen LogP contribution in [0.1, 0.15) is 51.7 Å². The summed E-state index contributed by atoms with van der Waals surface area (Å²) in [6.45, 7) is 13.7. The molecule has 1 fully saturated rings. The molecule has 0 amide bonds. The molecule has 0 bridgehead atoms. The molecular weight excluding hydrogens is 411 g/mol. The molecule has 0 aliphatic carbocycles. The quantitative estimate of drug-likeness (QED) is 0.413. The number of aliphatic imine (C=N–C) groups is 1. The van der Waals surface area contributed by atoms with E-state index in [0.717, 1.165) is 19.0 Å². The van der Waals surface area contributed by atoms with Gasteiger partial charge in [-0.25, -0.2) is 4.99 Å². The van der Waals surface area contributed by atoms with Crippen LogP contribution in [-0.2, 0) is 13.1 Å². The fraction of sp³-hybridized carbons (Fsp3) is 0.632. The predicted molar refractivity (Wildman–Crippen MR) is 114 cm³/mol. The van der Waals surface area contributed by atoms with Gasteiger partial charge in [0.25, 0.3) is 0 Å². The standard InChI is InChI=1S/C19H32N4.HI/c1-5-20-18(22-19(2,3)4)21-14-16-8-10-17(11-9-16)15-23-12-6-7-13-23;/h8-11H,5-7,12-15H2,1-4H3,(H2,20,21,22);1H. The number of nitrogens with one attached hydrogen (secondary N) is 2. The molecule has 2 rings (SSSR count). The highest BCUT2D eigenvalue weighted by atomic mass is 127. The van der Waals surface area contributed by atoms with Gasteiger partial charge in [0.05, 0.1) is 6.54 Å². The van der Waals surface area contributed by atoms with Gasteiger partial charge in [-0.15, -0.1) is 24.0 Å². The average molecular weight is 444 g/mol. The summed E-state index contributed by atoms with van der Waals surface area (Å²) in [6.07, 6.45) is 2.70. The van der Waals surface area contributed by atoms with Crippen molar-refractivity contribution in [3.63, 3.8) is 0 Å². The van der Waals surface area contributed by atoms with E-state index in [4.69, 9.17) is 0 Å². The third kappa shape index (κ3) is 7.83. The number of rotatable bonds is 5. The maximum absolute atomic E-state index is 4.69. The Kier molecular flexibility index (Phi) is 9.05. The van der Waals surface area contributed by atoms with Crippen molar-refractivity contribution >= 4 is 29.9 Å². The fourth-order valence-electron chi connectivity index (χ4n) is 2.78. The molecule has 1 aliphatic heterocycles. The number of nitrogens with zero attached hydrogens (tertiary/aromatic N) is 2. The molecule has 0 spiro atoms. The van der Waals surface area contributed by atoms with E-state index in [1.807, 2.05) is 0 Å². The molecule has 24 heavy (non-hydrogen) atoms. The molecule has 136 valence electrons. The number of halogens is 1. The molecule has 5 heteroatoms. The lowest BCUT2D eigenvalue weighted by molar-refractivity contribution is 0.331. The van der Waals surface area contributed by atoms with Crippen LogP contribution in [0.4, 0.5) is 0 Å². The summed E-state index contributed by atoms with van der Waals surface area (Å²) in [5, 5.41) is 6.72. The zero-order valence-electron chi connectivity index (χ0n) is 15.6. The van der Waals surface area contributed by atoms with E-state index in [9.17, 15) is 0 Å². The number of hydrogen-bond donors (Lipinski definition) is 2.